The number of rotatable bonds is 8. The van der Waals surface area contributed by atoms with Crippen molar-refractivity contribution in [3.63, 3.8) is 0 Å². The minimum absolute atomic E-state index is 0.320. The van der Waals surface area contributed by atoms with Crippen molar-refractivity contribution in [2.24, 2.45) is 5.92 Å². The molecule has 1 saturated heterocycles. The minimum Gasteiger partial charge on any atom is -0.508 e. The van der Waals surface area contributed by atoms with E-state index in [0.717, 1.165) is 43.9 Å². The molecule has 1 aliphatic heterocycles. The van der Waals surface area contributed by atoms with Crippen molar-refractivity contribution < 1.29 is 9.84 Å². The van der Waals surface area contributed by atoms with Crippen molar-refractivity contribution >= 4 is 11.6 Å². The zero-order chi connectivity index (χ0) is 19.9. The molecule has 0 bridgehead atoms. The maximum absolute atomic E-state index is 10.0. The van der Waals surface area contributed by atoms with Crippen LogP contribution in [-0.2, 0) is 13.0 Å². The van der Waals surface area contributed by atoms with Crippen LogP contribution in [0.3, 0.4) is 0 Å². The van der Waals surface area contributed by atoms with Crippen molar-refractivity contribution in [3.05, 3.63) is 58.6 Å². The number of likely N-dealkylation sites (tertiary alicyclic amines) is 1. The first kappa shape index (κ1) is 21.0. The summed E-state index contributed by atoms with van der Waals surface area (Å²) in [6.45, 7) is 5.18. The van der Waals surface area contributed by atoms with Crippen molar-refractivity contribution in [2.75, 3.05) is 40.3 Å². The molecule has 1 fully saturated rings. The molecule has 4 nitrogen and oxygen atoms in total. The normalized spacial score (nSPS) is 17.8. The predicted molar refractivity (Wildman–Crippen MR) is 115 cm³/mol. The van der Waals surface area contributed by atoms with E-state index < -0.39 is 0 Å². The van der Waals surface area contributed by atoms with Gasteiger partial charge in [0.2, 0.25) is 0 Å². The Hall–Kier alpha value is -1.75. The first-order valence-electron chi connectivity index (χ1n) is 10.0. The molecule has 0 saturated carbocycles. The summed E-state index contributed by atoms with van der Waals surface area (Å²) < 4.78 is 5.23. The molecule has 0 aliphatic carbocycles. The number of ether oxygens (including phenoxy) is 1. The summed E-state index contributed by atoms with van der Waals surface area (Å²) in [6.07, 6.45) is 3.59. The second-order valence-corrected chi connectivity index (χ2v) is 8.31. The van der Waals surface area contributed by atoms with E-state index in [2.05, 4.69) is 29.0 Å². The Kier molecular flexibility index (Phi) is 7.60. The van der Waals surface area contributed by atoms with Gasteiger partial charge in [0.25, 0.3) is 0 Å². The highest BCUT2D eigenvalue weighted by molar-refractivity contribution is 6.30. The van der Waals surface area contributed by atoms with E-state index in [0.29, 0.717) is 16.7 Å². The van der Waals surface area contributed by atoms with E-state index in [1.807, 2.05) is 18.2 Å². The standard InChI is InChI=1S/C23H31ClN2O2/c1-25(17-20-14-21(24)7-10-23(20)27)15-19-4-3-12-26(16-19)13-11-18-5-8-22(28-2)9-6-18/h5-10,14,19,27H,3-4,11-13,15-17H2,1-2H3. The number of halogens is 1. The van der Waals surface area contributed by atoms with Crippen LogP contribution in [0.4, 0.5) is 0 Å². The Bertz CT molecular complexity index is 751. The molecule has 0 radical (unpaired) electrons. The van der Waals surface area contributed by atoms with Gasteiger partial charge >= 0.3 is 0 Å². The van der Waals surface area contributed by atoms with E-state index in [1.165, 1.54) is 24.9 Å². The lowest BCUT2D eigenvalue weighted by atomic mass is 9.97. The summed E-state index contributed by atoms with van der Waals surface area (Å²) in [5, 5.41) is 10.7. The third-order valence-electron chi connectivity index (χ3n) is 5.53. The molecule has 2 aromatic carbocycles. The molecule has 0 aromatic heterocycles. The summed E-state index contributed by atoms with van der Waals surface area (Å²) in [7, 11) is 3.82. The van der Waals surface area contributed by atoms with E-state index in [4.69, 9.17) is 16.3 Å². The fourth-order valence-corrected chi connectivity index (χ4v) is 4.25. The van der Waals surface area contributed by atoms with Crippen LogP contribution in [0.25, 0.3) is 0 Å². The number of hydrogen-bond donors (Lipinski definition) is 1. The number of methoxy groups -OCH3 is 1. The topological polar surface area (TPSA) is 35.9 Å². The van der Waals surface area contributed by atoms with Crippen molar-refractivity contribution in [1.82, 2.24) is 9.80 Å². The Morgan fingerprint density at radius 1 is 1.21 bits per heavy atom. The maximum Gasteiger partial charge on any atom is 0.120 e. The van der Waals surface area contributed by atoms with Gasteiger partial charge < -0.3 is 19.6 Å². The van der Waals surface area contributed by atoms with Crippen LogP contribution in [0.5, 0.6) is 11.5 Å². The fraction of sp³-hybridized carbons (Fsp3) is 0.478. The highest BCUT2D eigenvalue weighted by atomic mass is 35.5. The van der Waals surface area contributed by atoms with Crippen LogP contribution < -0.4 is 4.74 Å². The van der Waals surface area contributed by atoms with E-state index in [9.17, 15) is 5.11 Å². The summed E-state index contributed by atoms with van der Waals surface area (Å²) in [5.41, 5.74) is 2.25. The third kappa shape index (κ3) is 6.13. The summed E-state index contributed by atoms with van der Waals surface area (Å²) in [6, 6.07) is 13.6. The third-order valence-corrected chi connectivity index (χ3v) is 5.77. The van der Waals surface area contributed by atoms with Crippen LogP contribution in [0.2, 0.25) is 5.02 Å². The van der Waals surface area contributed by atoms with Crippen molar-refractivity contribution in [2.45, 2.75) is 25.8 Å². The van der Waals surface area contributed by atoms with Crippen LogP contribution in [0.1, 0.15) is 24.0 Å². The van der Waals surface area contributed by atoms with E-state index in [1.54, 1.807) is 19.2 Å². The zero-order valence-electron chi connectivity index (χ0n) is 16.9. The predicted octanol–water partition coefficient (Wildman–Crippen LogP) is 4.44. The molecule has 5 heteroatoms. The molecule has 2 aromatic rings. The largest absolute Gasteiger partial charge is 0.508 e. The van der Waals surface area contributed by atoms with Gasteiger partial charge in [-0.1, -0.05) is 23.7 Å². The average Bonchev–Trinajstić information content (AvgIpc) is 2.70. The number of benzene rings is 2. The lowest BCUT2D eigenvalue weighted by Gasteiger charge is -2.35. The molecule has 1 N–H and O–H groups in total. The molecule has 152 valence electrons. The van der Waals surface area contributed by atoms with E-state index in [-0.39, 0.29) is 0 Å². The van der Waals surface area contributed by atoms with Gasteiger partial charge in [-0.15, -0.1) is 0 Å². The Morgan fingerprint density at radius 3 is 2.75 bits per heavy atom. The second kappa shape index (κ2) is 10.1. The van der Waals surface area contributed by atoms with Gasteiger partial charge in [-0.05, 0) is 74.7 Å². The first-order valence-corrected chi connectivity index (χ1v) is 10.4. The number of phenols is 1. The van der Waals surface area contributed by atoms with Crippen LogP contribution in [0, 0.1) is 5.92 Å². The molecule has 1 aliphatic rings. The van der Waals surface area contributed by atoms with Crippen molar-refractivity contribution in [3.8, 4) is 11.5 Å². The van der Waals surface area contributed by atoms with Crippen LogP contribution in [-0.4, -0.2) is 55.2 Å². The second-order valence-electron chi connectivity index (χ2n) is 7.88. The molecule has 1 atom stereocenters. The smallest absolute Gasteiger partial charge is 0.120 e. The molecule has 1 unspecified atom stereocenters. The highest BCUT2D eigenvalue weighted by Gasteiger charge is 2.21. The van der Waals surface area contributed by atoms with Crippen molar-refractivity contribution in [1.29, 1.82) is 0 Å². The number of phenolic OH excluding ortho intramolecular Hbond substituents is 1. The summed E-state index contributed by atoms with van der Waals surface area (Å²) >= 11 is 6.07. The van der Waals surface area contributed by atoms with Gasteiger partial charge in [0, 0.05) is 36.8 Å². The Labute approximate surface area is 173 Å². The number of piperidine rings is 1. The zero-order valence-corrected chi connectivity index (χ0v) is 17.7. The molecule has 0 spiro atoms. The monoisotopic (exact) mass is 402 g/mol. The highest BCUT2D eigenvalue weighted by Crippen LogP contribution is 2.24. The fourth-order valence-electron chi connectivity index (χ4n) is 4.06. The lowest BCUT2D eigenvalue weighted by Crippen LogP contribution is -2.40. The quantitative estimate of drug-likeness (QED) is 0.708. The summed E-state index contributed by atoms with van der Waals surface area (Å²) in [5.74, 6) is 1.90. The number of nitrogens with zero attached hydrogens (tertiary/aromatic N) is 2. The molecule has 0 amide bonds. The van der Waals surface area contributed by atoms with Gasteiger partial charge in [0.1, 0.15) is 11.5 Å². The lowest BCUT2D eigenvalue weighted by molar-refractivity contribution is 0.142. The Morgan fingerprint density at radius 2 is 2.00 bits per heavy atom. The average molecular weight is 403 g/mol. The molecule has 3 rings (SSSR count). The van der Waals surface area contributed by atoms with Gasteiger partial charge in [0.15, 0.2) is 0 Å². The molecule has 1 heterocycles. The Balaban J connectivity index is 1.46. The number of aromatic hydroxyl groups is 1. The van der Waals surface area contributed by atoms with E-state index >= 15 is 0 Å². The van der Waals surface area contributed by atoms with Gasteiger partial charge in [-0.3, -0.25) is 0 Å². The van der Waals surface area contributed by atoms with Crippen LogP contribution in [0.15, 0.2) is 42.5 Å². The molecular formula is C23H31ClN2O2. The molecular weight excluding hydrogens is 372 g/mol. The summed E-state index contributed by atoms with van der Waals surface area (Å²) in [4.78, 5) is 4.88. The maximum atomic E-state index is 10.0. The van der Waals surface area contributed by atoms with Crippen LogP contribution >= 0.6 is 11.6 Å². The SMILES string of the molecule is COc1ccc(CCN2CCCC(CN(C)Cc3cc(Cl)ccc3O)C2)cc1. The first-order chi connectivity index (χ1) is 13.5. The van der Waals surface area contributed by atoms with Gasteiger partial charge in [-0.2, -0.15) is 0 Å². The minimum atomic E-state index is 0.320. The molecule has 28 heavy (non-hydrogen) atoms. The van der Waals surface area contributed by atoms with Gasteiger partial charge in [-0.25, -0.2) is 0 Å². The van der Waals surface area contributed by atoms with Gasteiger partial charge in [0.05, 0.1) is 7.11 Å². The number of hydrogen-bond acceptors (Lipinski definition) is 4.